The van der Waals surface area contributed by atoms with Crippen LogP contribution >= 0.6 is 22.6 Å². The lowest BCUT2D eigenvalue weighted by Crippen LogP contribution is -1.97. The van der Waals surface area contributed by atoms with Crippen LogP contribution in [0.2, 0.25) is 0 Å². The summed E-state index contributed by atoms with van der Waals surface area (Å²) in [4.78, 5) is 0. The molecule has 0 amide bonds. The van der Waals surface area contributed by atoms with E-state index in [0.29, 0.717) is 0 Å². The van der Waals surface area contributed by atoms with Gasteiger partial charge in [0.25, 0.3) is 0 Å². The van der Waals surface area contributed by atoms with Crippen LogP contribution in [0.1, 0.15) is 94.7 Å². The van der Waals surface area contributed by atoms with Crippen LogP contribution in [0.25, 0.3) is 75.4 Å². The Morgan fingerprint density at radius 3 is 1.41 bits per heavy atom. The van der Waals surface area contributed by atoms with Crippen molar-refractivity contribution < 1.29 is 0 Å². The average Bonchev–Trinajstić information content (AvgIpc) is 3.00. The molecule has 0 spiro atoms. The molecule has 0 aromatic heterocycles. The number of rotatable bonds is 12. The third-order valence-electron chi connectivity index (χ3n) is 10.5. The number of hydrogen-bond acceptors (Lipinski definition) is 0. The van der Waals surface area contributed by atoms with E-state index in [1.54, 1.807) is 0 Å². The summed E-state index contributed by atoms with van der Waals surface area (Å²) in [5.74, 6) is 0. The molecule has 0 unspecified atom stereocenters. The molecule has 0 saturated carbocycles. The molecule has 222 valence electrons. The number of halogens is 1. The SMILES string of the molecule is CCCCCCCCc1cc2cc3cc(C)cc4c5cc(I)cc6cc7cc(CCCCCC)cc8c(c1)c2c(c34)c(c65)c78. The van der Waals surface area contributed by atoms with Crippen molar-refractivity contribution in [1.29, 1.82) is 0 Å². The summed E-state index contributed by atoms with van der Waals surface area (Å²) < 4.78 is 1.32. The monoisotopic (exact) mass is 686 g/mol. The summed E-state index contributed by atoms with van der Waals surface area (Å²) in [6.07, 6.45) is 15.6. The van der Waals surface area contributed by atoms with Crippen molar-refractivity contribution in [2.24, 2.45) is 0 Å². The molecule has 8 aromatic rings. The summed E-state index contributed by atoms with van der Waals surface area (Å²) >= 11 is 2.53. The summed E-state index contributed by atoms with van der Waals surface area (Å²) in [5.41, 5.74) is 4.37. The standard InChI is InChI=1S/C43H43I/c1-4-6-8-10-11-13-15-28-18-30-22-29-16-26(3)17-34-37-25-33(44)24-32-23-31-19-27(14-12-9-7-5-2)20-36-35(21-28)39(30)42(38(29)34)43(40(31)36)41(32)37/h16-25H,4-15H2,1-3H3. The highest BCUT2D eigenvalue weighted by atomic mass is 127. The zero-order valence-electron chi connectivity index (χ0n) is 26.6. The highest BCUT2D eigenvalue weighted by Crippen LogP contribution is 2.52. The second kappa shape index (κ2) is 11.5. The lowest BCUT2D eigenvalue weighted by Gasteiger charge is -2.24. The average molecular weight is 687 g/mol. The van der Waals surface area contributed by atoms with Crippen molar-refractivity contribution in [2.45, 2.75) is 97.8 Å². The fraction of sp³-hybridized carbons (Fsp3) is 0.349. The highest BCUT2D eigenvalue weighted by molar-refractivity contribution is 14.1. The Morgan fingerprint density at radius 2 is 0.841 bits per heavy atom. The first-order chi connectivity index (χ1) is 21.6. The summed E-state index contributed by atoms with van der Waals surface area (Å²) in [5, 5.41) is 20.4. The van der Waals surface area contributed by atoms with E-state index in [4.69, 9.17) is 0 Å². The van der Waals surface area contributed by atoms with Gasteiger partial charge >= 0.3 is 0 Å². The molecular formula is C43H43I. The number of fused-ring (bicyclic) bond motifs is 2. The molecule has 0 nitrogen and oxygen atoms in total. The van der Waals surface area contributed by atoms with Crippen molar-refractivity contribution >= 4 is 98.0 Å². The minimum Gasteiger partial charge on any atom is -0.0654 e. The van der Waals surface area contributed by atoms with Gasteiger partial charge in [0.1, 0.15) is 0 Å². The third-order valence-corrected chi connectivity index (χ3v) is 11.1. The lowest BCUT2D eigenvalue weighted by molar-refractivity contribution is 0.608. The maximum atomic E-state index is 2.59. The number of aryl methyl sites for hydroxylation is 3. The van der Waals surface area contributed by atoms with Crippen LogP contribution in [0, 0.1) is 10.5 Å². The van der Waals surface area contributed by atoms with E-state index in [-0.39, 0.29) is 0 Å². The summed E-state index contributed by atoms with van der Waals surface area (Å²) in [6, 6.07) is 25.0. The molecule has 0 fully saturated rings. The van der Waals surface area contributed by atoms with Crippen LogP contribution in [0.3, 0.4) is 0 Å². The molecule has 0 aliphatic carbocycles. The Labute approximate surface area is 275 Å². The molecule has 0 atom stereocenters. The highest BCUT2D eigenvalue weighted by Gasteiger charge is 2.24. The number of benzene rings is 8. The minimum absolute atomic E-state index is 1.17. The van der Waals surface area contributed by atoms with Crippen LogP contribution < -0.4 is 0 Å². The first-order valence-electron chi connectivity index (χ1n) is 17.3. The van der Waals surface area contributed by atoms with Gasteiger partial charge in [-0.05, 0) is 172 Å². The van der Waals surface area contributed by atoms with Gasteiger partial charge in [-0.25, -0.2) is 0 Å². The van der Waals surface area contributed by atoms with Crippen molar-refractivity contribution in [2.75, 3.05) is 0 Å². The van der Waals surface area contributed by atoms with Gasteiger partial charge in [-0.3, -0.25) is 0 Å². The molecule has 0 bridgehead atoms. The normalized spacial score (nSPS) is 12.7. The smallest absolute Gasteiger partial charge is 0.0142 e. The molecule has 1 heteroatoms. The zero-order valence-corrected chi connectivity index (χ0v) is 28.8. The first-order valence-corrected chi connectivity index (χ1v) is 18.4. The van der Waals surface area contributed by atoms with E-state index in [0.717, 1.165) is 0 Å². The van der Waals surface area contributed by atoms with Gasteiger partial charge in [0, 0.05) is 3.57 Å². The third kappa shape index (κ3) is 4.60. The van der Waals surface area contributed by atoms with E-state index in [1.807, 2.05) is 0 Å². The fourth-order valence-electron chi connectivity index (χ4n) is 8.56. The van der Waals surface area contributed by atoms with E-state index >= 15 is 0 Å². The van der Waals surface area contributed by atoms with Gasteiger partial charge < -0.3 is 0 Å². The van der Waals surface area contributed by atoms with Crippen LogP contribution in [0.5, 0.6) is 0 Å². The Hall–Kier alpha value is -2.91. The molecular weight excluding hydrogens is 643 g/mol. The molecule has 0 N–H and O–H groups in total. The van der Waals surface area contributed by atoms with Gasteiger partial charge in [-0.15, -0.1) is 0 Å². The Bertz CT molecular complexity index is 2270. The van der Waals surface area contributed by atoms with Crippen molar-refractivity contribution in [3.8, 4) is 0 Å². The predicted octanol–water partition coefficient (Wildman–Crippen LogP) is 14.0. The zero-order chi connectivity index (χ0) is 29.9. The van der Waals surface area contributed by atoms with Crippen LogP contribution in [0.15, 0.2) is 60.7 Å². The molecule has 8 aromatic carbocycles. The molecule has 0 radical (unpaired) electrons. The second-order valence-corrected chi connectivity index (χ2v) is 15.0. The summed E-state index contributed by atoms with van der Waals surface area (Å²) in [7, 11) is 0. The maximum absolute atomic E-state index is 2.59. The van der Waals surface area contributed by atoms with Crippen LogP contribution in [0.4, 0.5) is 0 Å². The van der Waals surface area contributed by atoms with E-state index in [1.165, 1.54) is 173 Å². The topological polar surface area (TPSA) is 0 Å². The Balaban J connectivity index is 1.45. The van der Waals surface area contributed by atoms with Gasteiger partial charge in [0.15, 0.2) is 0 Å². The van der Waals surface area contributed by atoms with Gasteiger partial charge in [0.05, 0.1) is 0 Å². The summed E-state index contributed by atoms with van der Waals surface area (Å²) in [6.45, 7) is 6.89. The lowest BCUT2D eigenvalue weighted by atomic mass is 9.79. The van der Waals surface area contributed by atoms with Gasteiger partial charge in [-0.1, -0.05) is 102 Å². The molecule has 0 heterocycles. The van der Waals surface area contributed by atoms with Crippen molar-refractivity contribution in [3.05, 3.63) is 80.9 Å². The fourth-order valence-corrected chi connectivity index (χ4v) is 9.20. The second-order valence-electron chi connectivity index (χ2n) is 13.8. The molecule has 0 aliphatic rings. The maximum Gasteiger partial charge on any atom is 0.0142 e. The van der Waals surface area contributed by atoms with Gasteiger partial charge in [0.2, 0.25) is 0 Å². The van der Waals surface area contributed by atoms with Crippen molar-refractivity contribution in [3.63, 3.8) is 0 Å². The first kappa shape index (κ1) is 28.6. The Kier molecular flexibility index (Phi) is 7.44. The molecule has 8 rings (SSSR count). The number of hydrogen-bond donors (Lipinski definition) is 0. The van der Waals surface area contributed by atoms with Crippen LogP contribution in [-0.4, -0.2) is 0 Å². The molecule has 0 aliphatic heterocycles. The van der Waals surface area contributed by atoms with Crippen LogP contribution in [-0.2, 0) is 12.8 Å². The van der Waals surface area contributed by atoms with Gasteiger partial charge in [-0.2, -0.15) is 0 Å². The van der Waals surface area contributed by atoms with E-state index in [2.05, 4.69) is 104 Å². The van der Waals surface area contributed by atoms with E-state index in [9.17, 15) is 0 Å². The molecule has 0 saturated heterocycles. The minimum atomic E-state index is 1.17. The molecule has 44 heavy (non-hydrogen) atoms. The Morgan fingerprint density at radius 1 is 0.409 bits per heavy atom. The predicted molar refractivity (Wildman–Crippen MR) is 205 cm³/mol. The quantitative estimate of drug-likeness (QED) is 0.0519. The number of unbranched alkanes of at least 4 members (excludes halogenated alkanes) is 8. The van der Waals surface area contributed by atoms with Crippen molar-refractivity contribution in [1.82, 2.24) is 0 Å². The van der Waals surface area contributed by atoms with E-state index < -0.39 is 0 Å². The largest absolute Gasteiger partial charge is 0.0654 e.